The number of aryl methyl sites for hydroxylation is 1. The van der Waals surface area contributed by atoms with E-state index in [1.54, 1.807) is 0 Å². The molecule has 1 aromatic rings. The normalized spacial score (nSPS) is 19.9. The Morgan fingerprint density at radius 3 is 2.95 bits per heavy atom. The van der Waals surface area contributed by atoms with Crippen molar-refractivity contribution in [2.75, 3.05) is 6.54 Å². The van der Waals surface area contributed by atoms with Gasteiger partial charge in [0.05, 0.1) is 24.7 Å². The van der Waals surface area contributed by atoms with Crippen molar-refractivity contribution in [2.24, 2.45) is 0 Å². The molecule has 1 aromatic heterocycles. The topological polar surface area (TPSA) is 53.6 Å². The molecular formula is C15H22N4. The highest BCUT2D eigenvalue weighted by Gasteiger charge is 2.26. The molecule has 1 N–H and O–H groups in total. The molecule has 4 nitrogen and oxygen atoms in total. The van der Waals surface area contributed by atoms with Crippen LogP contribution in [0.5, 0.6) is 0 Å². The fraction of sp³-hybridized carbons (Fsp3) is 0.733. The third-order valence-corrected chi connectivity index (χ3v) is 4.47. The summed E-state index contributed by atoms with van der Waals surface area (Å²) in [6.45, 7) is 2.76. The van der Waals surface area contributed by atoms with Crippen LogP contribution in [0.2, 0.25) is 0 Å². The molecule has 0 bridgehead atoms. The van der Waals surface area contributed by atoms with Gasteiger partial charge in [-0.2, -0.15) is 10.4 Å². The van der Waals surface area contributed by atoms with Crippen molar-refractivity contribution >= 4 is 0 Å². The predicted octanol–water partition coefficient (Wildman–Crippen LogP) is 2.49. The first-order valence-electron chi connectivity index (χ1n) is 7.56. The van der Waals surface area contributed by atoms with Crippen molar-refractivity contribution in [3.05, 3.63) is 17.0 Å². The molecule has 0 spiro atoms. The van der Waals surface area contributed by atoms with E-state index in [9.17, 15) is 0 Å². The second-order valence-electron chi connectivity index (χ2n) is 5.70. The zero-order valence-electron chi connectivity index (χ0n) is 11.5. The van der Waals surface area contributed by atoms with Crippen LogP contribution >= 0.6 is 0 Å². The van der Waals surface area contributed by atoms with Gasteiger partial charge in [-0.15, -0.1) is 0 Å². The third-order valence-electron chi connectivity index (χ3n) is 4.47. The summed E-state index contributed by atoms with van der Waals surface area (Å²) < 4.78 is 2.11. The number of fused-ring (bicyclic) bond motifs is 1. The highest BCUT2D eigenvalue weighted by atomic mass is 15.3. The summed E-state index contributed by atoms with van der Waals surface area (Å²) in [6.07, 6.45) is 8.28. The monoisotopic (exact) mass is 258 g/mol. The van der Waals surface area contributed by atoms with Crippen LogP contribution in [0.4, 0.5) is 0 Å². The molecule has 0 radical (unpaired) electrons. The Morgan fingerprint density at radius 2 is 2.16 bits per heavy atom. The zero-order valence-corrected chi connectivity index (χ0v) is 11.5. The maximum Gasteiger partial charge on any atom is 0.0703 e. The smallest absolute Gasteiger partial charge is 0.0703 e. The minimum Gasteiger partial charge on any atom is -0.312 e. The second kappa shape index (κ2) is 5.75. The molecule has 102 valence electrons. The quantitative estimate of drug-likeness (QED) is 0.906. The first-order chi connectivity index (χ1) is 9.40. The summed E-state index contributed by atoms with van der Waals surface area (Å²) in [5.41, 5.74) is 4.16. The maximum absolute atomic E-state index is 8.78. The minimum absolute atomic E-state index is 0.561. The van der Waals surface area contributed by atoms with Crippen LogP contribution < -0.4 is 5.32 Å². The molecular weight excluding hydrogens is 236 g/mol. The Balaban J connectivity index is 1.90. The lowest BCUT2D eigenvalue weighted by Gasteiger charge is -2.22. The highest BCUT2D eigenvalue weighted by Crippen LogP contribution is 2.35. The molecule has 0 aromatic carbocycles. The molecule has 19 heavy (non-hydrogen) atoms. The van der Waals surface area contributed by atoms with Crippen LogP contribution in [0.15, 0.2) is 0 Å². The van der Waals surface area contributed by atoms with Crippen LogP contribution in [-0.2, 0) is 19.5 Å². The molecule has 1 saturated carbocycles. The minimum atomic E-state index is 0.561. The summed E-state index contributed by atoms with van der Waals surface area (Å²) in [5, 5.41) is 17.1. The van der Waals surface area contributed by atoms with Crippen LogP contribution in [0.25, 0.3) is 0 Å². The Morgan fingerprint density at radius 1 is 1.32 bits per heavy atom. The van der Waals surface area contributed by atoms with E-state index in [2.05, 4.69) is 16.1 Å². The molecule has 4 heteroatoms. The Labute approximate surface area is 114 Å². The molecule has 1 aliphatic heterocycles. The van der Waals surface area contributed by atoms with Crippen molar-refractivity contribution in [1.82, 2.24) is 15.1 Å². The van der Waals surface area contributed by atoms with E-state index in [-0.39, 0.29) is 0 Å². The number of nitriles is 1. The van der Waals surface area contributed by atoms with Gasteiger partial charge in [0, 0.05) is 36.7 Å². The first kappa shape index (κ1) is 12.7. The summed E-state index contributed by atoms with van der Waals surface area (Å²) in [5.74, 6) is 0.658. The molecule has 3 rings (SSSR count). The second-order valence-corrected chi connectivity index (χ2v) is 5.70. The summed E-state index contributed by atoms with van der Waals surface area (Å²) in [7, 11) is 0. The predicted molar refractivity (Wildman–Crippen MR) is 73.7 cm³/mol. The maximum atomic E-state index is 8.78. The molecule has 0 unspecified atom stereocenters. The lowest BCUT2D eigenvalue weighted by molar-refractivity contribution is 0.429. The zero-order chi connectivity index (χ0) is 13.1. The fourth-order valence-corrected chi connectivity index (χ4v) is 3.49. The molecule has 0 atom stereocenters. The average molecular weight is 258 g/mol. The molecule has 2 aliphatic rings. The van der Waals surface area contributed by atoms with Gasteiger partial charge in [0.2, 0.25) is 0 Å². The van der Waals surface area contributed by atoms with Gasteiger partial charge in [0.15, 0.2) is 0 Å². The van der Waals surface area contributed by atoms with E-state index in [1.807, 2.05) is 0 Å². The molecule has 0 amide bonds. The van der Waals surface area contributed by atoms with Crippen LogP contribution in [0, 0.1) is 11.3 Å². The van der Waals surface area contributed by atoms with Crippen LogP contribution in [-0.4, -0.2) is 16.3 Å². The van der Waals surface area contributed by atoms with E-state index in [4.69, 9.17) is 10.4 Å². The number of nitrogens with one attached hydrogen (secondary N) is 1. The van der Waals surface area contributed by atoms with Crippen LogP contribution in [0.1, 0.15) is 61.4 Å². The largest absolute Gasteiger partial charge is 0.312 e. The average Bonchev–Trinajstić information content (AvgIpc) is 2.85. The van der Waals surface area contributed by atoms with E-state index in [0.717, 1.165) is 26.1 Å². The van der Waals surface area contributed by atoms with E-state index in [0.29, 0.717) is 12.3 Å². The Bertz CT molecular complexity index is 477. The number of nitrogens with zero attached hydrogens (tertiary/aromatic N) is 3. The number of aromatic nitrogens is 2. The van der Waals surface area contributed by atoms with Gasteiger partial charge in [0.25, 0.3) is 0 Å². The number of hydrogen-bond acceptors (Lipinski definition) is 3. The van der Waals surface area contributed by atoms with Gasteiger partial charge in [0.1, 0.15) is 0 Å². The third kappa shape index (κ3) is 2.52. The summed E-state index contributed by atoms with van der Waals surface area (Å²) in [4.78, 5) is 0. The first-order valence-corrected chi connectivity index (χ1v) is 7.56. The molecule has 0 saturated heterocycles. The number of rotatable bonds is 3. The SMILES string of the molecule is N#CCCn1nc(C2CCCCC2)c2c1CCNC2. The Hall–Kier alpha value is -1.34. The fourth-order valence-electron chi connectivity index (χ4n) is 3.49. The van der Waals surface area contributed by atoms with Gasteiger partial charge in [-0.1, -0.05) is 19.3 Å². The van der Waals surface area contributed by atoms with Gasteiger partial charge >= 0.3 is 0 Å². The van der Waals surface area contributed by atoms with Gasteiger partial charge in [-0.3, -0.25) is 4.68 Å². The van der Waals surface area contributed by atoms with Gasteiger partial charge in [-0.25, -0.2) is 0 Å². The van der Waals surface area contributed by atoms with Crippen LogP contribution in [0.3, 0.4) is 0 Å². The van der Waals surface area contributed by atoms with E-state index < -0.39 is 0 Å². The van der Waals surface area contributed by atoms with Gasteiger partial charge < -0.3 is 5.32 Å². The van der Waals surface area contributed by atoms with E-state index in [1.165, 1.54) is 49.1 Å². The van der Waals surface area contributed by atoms with Gasteiger partial charge in [-0.05, 0) is 12.8 Å². The summed E-state index contributed by atoms with van der Waals surface area (Å²) >= 11 is 0. The molecule has 1 fully saturated rings. The standard InChI is InChI=1S/C15H22N4/c16-8-4-10-19-14-7-9-17-11-13(14)15(18-19)12-5-2-1-3-6-12/h12,17H,1-7,9-11H2. The lowest BCUT2D eigenvalue weighted by atomic mass is 9.84. The van der Waals surface area contributed by atoms with Crippen molar-refractivity contribution in [3.8, 4) is 6.07 Å². The highest BCUT2D eigenvalue weighted by molar-refractivity contribution is 5.31. The van der Waals surface area contributed by atoms with Crippen molar-refractivity contribution in [3.63, 3.8) is 0 Å². The van der Waals surface area contributed by atoms with Crippen molar-refractivity contribution < 1.29 is 0 Å². The molecule has 1 aliphatic carbocycles. The Kier molecular flexibility index (Phi) is 3.84. The summed E-state index contributed by atoms with van der Waals surface area (Å²) in [6, 6.07) is 2.24. The van der Waals surface area contributed by atoms with Crippen molar-refractivity contribution in [1.29, 1.82) is 5.26 Å². The van der Waals surface area contributed by atoms with Crippen molar-refractivity contribution in [2.45, 2.75) is 64.0 Å². The lowest BCUT2D eigenvalue weighted by Crippen LogP contribution is -2.25. The van der Waals surface area contributed by atoms with E-state index >= 15 is 0 Å². The molecule has 2 heterocycles. The number of hydrogen-bond donors (Lipinski definition) is 1.